The highest BCUT2D eigenvalue weighted by atomic mass is 32.2. The second-order valence-corrected chi connectivity index (χ2v) is 10.3. The molecule has 2 unspecified atom stereocenters. The maximum atomic E-state index is 13.4. The summed E-state index contributed by atoms with van der Waals surface area (Å²) in [6.07, 6.45) is 11.4. The lowest BCUT2D eigenvalue weighted by Crippen LogP contribution is -2.27. The predicted octanol–water partition coefficient (Wildman–Crippen LogP) is 5.40. The molecule has 0 N–H and O–H groups in total. The third-order valence-electron chi connectivity index (χ3n) is 5.90. The fourth-order valence-electron chi connectivity index (χ4n) is 3.91. The number of carbonyl (C=O) groups is 2. The second kappa shape index (κ2) is 12.4. The smallest absolute Gasteiger partial charge is 0.318 e. The highest BCUT2D eigenvalue weighted by Crippen LogP contribution is 2.23. The van der Waals surface area contributed by atoms with Crippen LogP contribution in [0.2, 0.25) is 0 Å². The number of sulfone groups is 1. The van der Waals surface area contributed by atoms with Crippen LogP contribution in [-0.4, -0.2) is 39.0 Å². The Kier molecular flexibility index (Phi) is 9.32. The molecular formula is C28H31NO5S. The lowest BCUT2D eigenvalue weighted by molar-refractivity contribution is -0.141. The zero-order valence-electron chi connectivity index (χ0n) is 20.1. The fraction of sp³-hybridized carbons (Fsp3) is 0.321. The number of hydrogen-bond donors (Lipinski definition) is 0. The zero-order valence-corrected chi connectivity index (χ0v) is 20.9. The quantitative estimate of drug-likeness (QED) is 0.238. The van der Waals surface area contributed by atoms with E-state index in [-0.39, 0.29) is 15.6 Å². The molecule has 2 atom stereocenters. The van der Waals surface area contributed by atoms with Gasteiger partial charge in [-0.25, -0.2) is 8.42 Å². The van der Waals surface area contributed by atoms with Crippen LogP contribution < -0.4 is 0 Å². The molecule has 0 amide bonds. The van der Waals surface area contributed by atoms with Gasteiger partial charge < -0.3 is 4.74 Å². The number of Topliss-reactive ketones (excluding diaryl/α,β-unsaturated/α-hetero) is 1. The van der Waals surface area contributed by atoms with Gasteiger partial charge >= 0.3 is 5.97 Å². The summed E-state index contributed by atoms with van der Waals surface area (Å²) in [5, 5.41) is 0. The van der Waals surface area contributed by atoms with Crippen molar-refractivity contribution in [1.29, 1.82) is 0 Å². The lowest BCUT2D eigenvalue weighted by Gasteiger charge is -2.18. The SMILES string of the molecule is CCCCCCC(N=C1C=CC=CC1C(=O)OC)C(=O)c1ccc(S(=O)(=O)c2ccccc2)cc1. The number of aliphatic imine (C=N–C) groups is 1. The van der Waals surface area contributed by atoms with Gasteiger partial charge in [0, 0.05) is 5.56 Å². The number of benzene rings is 2. The summed E-state index contributed by atoms with van der Waals surface area (Å²) < 4.78 is 30.7. The average molecular weight is 494 g/mol. The van der Waals surface area contributed by atoms with Crippen LogP contribution in [-0.2, 0) is 19.4 Å². The molecule has 0 saturated carbocycles. The van der Waals surface area contributed by atoms with Crippen LogP contribution in [0.4, 0.5) is 0 Å². The van der Waals surface area contributed by atoms with Crippen molar-refractivity contribution in [2.75, 3.05) is 7.11 Å². The zero-order chi connectivity index (χ0) is 25.3. The van der Waals surface area contributed by atoms with Gasteiger partial charge in [-0.15, -0.1) is 0 Å². The van der Waals surface area contributed by atoms with E-state index in [4.69, 9.17) is 4.74 Å². The van der Waals surface area contributed by atoms with Gasteiger partial charge in [0.15, 0.2) is 5.78 Å². The normalized spacial score (nSPS) is 17.3. The monoisotopic (exact) mass is 493 g/mol. The van der Waals surface area contributed by atoms with Gasteiger partial charge in [-0.1, -0.05) is 81.2 Å². The highest BCUT2D eigenvalue weighted by Gasteiger charge is 2.26. The minimum Gasteiger partial charge on any atom is -0.468 e. The number of unbranched alkanes of at least 4 members (excludes halogenated alkanes) is 3. The van der Waals surface area contributed by atoms with Crippen molar-refractivity contribution in [3.05, 3.63) is 84.5 Å². The molecule has 0 aliphatic heterocycles. The fourth-order valence-corrected chi connectivity index (χ4v) is 5.19. The van der Waals surface area contributed by atoms with E-state index >= 15 is 0 Å². The molecule has 0 heterocycles. The Balaban J connectivity index is 1.88. The summed E-state index contributed by atoms with van der Waals surface area (Å²) in [6.45, 7) is 2.12. The molecule has 0 aromatic heterocycles. The lowest BCUT2D eigenvalue weighted by atomic mass is 9.95. The van der Waals surface area contributed by atoms with E-state index in [1.807, 2.05) is 0 Å². The molecule has 3 rings (SSSR count). The molecule has 2 aromatic carbocycles. The summed E-state index contributed by atoms with van der Waals surface area (Å²) in [5.41, 5.74) is 0.864. The second-order valence-electron chi connectivity index (χ2n) is 8.37. The van der Waals surface area contributed by atoms with Crippen LogP contribution in [0.3, 0.4) is 0 Å². The van der Waals surface area contributed by atoms with E-state index in [2.05, 4.69) is 11.9 Å². The van der Waals surface area contributed by atoms with Crippen molar-refractivity contribution >= 4 is 27.3 Å². The molecular weight excluding hydrogens is 462 g/mol. The van der Waals surface area contributed by atoms with Gasteiger partial charge in [-0.3, -0.25) is 14.6 Å². The number of ketones is 1. The maximum absolute atomic E-state index is 13.4. The molecule has 0 spiro atoms. The minimum absolute atomic E-state index is 0.122. The van der Waals surface area contributed by atoms with Gasteiger partial charge in [0.25, 0.3) is 0 Å². The van der Waals surface area contributed by atoms with Crippen molar-refractivity contribution in [3.8, 4) is 0 Å². The first-order valence-electron chi connectivity index (χ1n) is 11.8. The number of rotatable bonds is 11. The summed E-state index contributed by atoms with van der Waals surface area (Å²) in [6, 6.07) is 13.5. The standard InChI is InChI=1S/C28H31NO5S/c1-3-4-5-9-16-26(29-25-15-11-10-14-24(25)28(31)34-2)27(30)21-17-19-23(20-18-21)35(32,33)22-12-7-6-8-13-22/h6-8,10-15,17-20,24,26H,3-5,9,16H2,1-2H3. The van der Waals surface area contributed by atoms with E-state index < -0.39 is 27.8 Å². The number of carbonyl (C=O) groups excluding carboxylic acids is 2. The molecule has 0 bridgehead atoms. The Morgan fingerprint density at radius 1 is 0.943 bits per heavy atom. The van der Waals surface area contributed by atoms with Crippen LogP contribution >= 0.6 is 0 Å². The first-order valence-corrected chi connectivity index (χ1v) is 13.3. The number of ether oxygens (including phenoxy) is 1. The first-order chi connectivity index (χ1) is 16.9. The predicted molar refractivity (Wildman–Crippen MR) is 136 cm³/mol. The van der Waals surface area contributed by atoms with E-state index in [1.54, 1.807) is 54.6 Å². The van der Waals surface area contributed by atoms with Gasteiger partial charge in [-0.2, -0.15) is 0 Å². The van der Waals surface area contributed by atoms with E-state index in [9.17, 15) is 18.0 Å². The summed E-state index contributed by atoms with van der Waals surface area (Å²) >= 11 is 0. The van der Waals surface area contributed by atoms with Crippen molar-refractivity contribution < 1.29 is 22.7 Å². The van der Waals surface area contributed by atoms with Gasteiger partial charge in [0.1, 0.15) is 12.0 Å². The molecule has 0 fully saturated rings. The summed E-state index contributed by atoms with van der Waals surface area (Å²) in [4.78, 5) is 30.7. The van der Waals surface area contributed by atoms with Crippen LogP contribution in [0, 0.1) is 5.92 Å². The third-order valence-corrected chi connectivity index (χ3v) is 7.68. The van der Waals surface area contributed by atoms with E-state index in [1.165, 1.54) is 31.4 Å². The molecule has 0 radical (unpaired) electrons. The molecule has 6 nitrogen and oxygen atoms in total. The van der Waals surface area contributed by atoms with Crippen LogP contribution in [0.25, 0.3) is 0 Å². The van der Waals surface area contributed by atoms with E-state index in [0.717, 1.165) is 25.7 Å². The molecule has 2 aromatic rings. The number of nitrogens with zero attached hydrogens (tertiary/aromatic N) is 1. The Hall–Kier alpha value is -3.32. The van der Waals surface area contributed by atoms with Gasteiger partial charge in [0.2, 0.25) is 9.84 Å². The molecule has 1 aliphatic rings. The molecule has 184 valence electrons. The Labute approximate surface area is 207 Å². The summed E-state index contributed by atoms with van der Waals surface area (Å²) in [7, 11) is -2.35. The Morgan fingerprint density at radius 2 is 1.63 bits per heavy atom. The van der Waals surface area contributed by atoms with Gasteiger partial charge in [-0.05, 0) is 36.8 Å². The van der Waals surface area contributed by atoms with Crippen LogP contribution in [0.1, 0.15) is 49.4 Å². The minimum atomic E-state index is -3.67. The molecule has 35 heavy (non-hydrogen) atoms. The number of esters is 1. The Bertz CT molecular complexity index is 1210. The molecule has 0 saturated heterocycles. The van der Waals surface area contributed by atoms with Crippen molar-refractivity contribution in [2.24, 2.45) is 10.9 Å². The van der Waals surface area contributed by atoms with Gasteiger partial charge in [0.05, 0.1) is 22.6 Å². The van der Waals surface area contributed by atoms with Crippen molar-refractivity contribution in [3.63, 3.8) is 0 Å². The van der Waals surface area contributed by atoms with Crippen LogP contribution in [0.5, 0.6) is 0 Å². The molecule has 7 heteroatoms. The largest absolute Gasteiger partial charge is 0.468 e. The third kappa shape index (κ3) is 6.63. The first kappa shape index (κ1) is 26.3. The summed E-state index contributed by atoms with van der Waals surface area (Å²) in [5.74, 6) is -1.30. The van der Waals surface area contributed by atoms with Crippen molar-refractivity contribution in [2.45, 2.75) is 54.9 Å². The van der Waals surface area contributed by atoms with Crippen molar-refractivity contribution in [1.82, 2.24) is 0 Å². The Morgan fingerprint density at radius 3 is 2.29 bits per heavy atom. The van der Waals surface area contributed by atoms with E-state index in [0.29, 0.717) is 17.7 Å². The number of allylic oxidation sites excluding steroid dienone is 3. The average Bonchev–Trinajstić information content (AvgIpc) is 2.90. The number of methoxy groups -OCH3 is 1. The van der Waals surface area contributed by atoms with Crippen LogP contribution in [0.15, 0.2) is 93.7 Å². The molecule has 1 aliphatic carbocycles. The number of hydrogen-bond acceptors (Lipinski definition) is 6. The topological polar surface area (TPSA) is 89.9 Å². The highest BCUT2D eigenvalue weighted by molar-refractivity contribution is 7.91. The maximum Gasteiger partial charge on any atom is 0.318 e.